The predicted octanol–water partition coefficient (Wildman–Crippen LogP) is 1.43. The number of aliphatic hydroxyl groups excluding tert-OH is 1. The van der Waals surface area contributed by atoms with Crippen LogP contribution in [-0.2, 0) is 0 Å². The van der Waals surface area contributed by atoms with Crippen LogP contribution >= 0.6 is 0 Å². The van der Waals surface area contributed by atoms with Gasteiger partial charge in [-0.1, -0.05) is 30.3 Å². The summed E-state index contributed by atoms with van der Waals surface area (Å²) < 4.78 is 0. The quantitative estimate of drug-likeness (QED) is 0.838. The number of benzene rings is 1. The average Bonchev–Trinajstić information content (AvgIpc) is 2.90. The van der Waals surface area contributed by atoms with Gasteiger partial charge in [-0.3, -0.25) is 5.10 Å². The highest BCUT2D eigenvalue weighted by Gasteiger charge is 2.20. The van der Waals surface area contributed by atoms with Crippen molar-refractivity contribution in [3.63, 3.8) is 0 Å². The molecule has 1 aliphatic heterocycles. The van der Waals surface area contributed by atoms with Crippen molar-refractivity contribution in [3.05, 3.63) is 30.3 Å². The zero-order chi connectivity index (χ0) is 12.4. The first-order valence-electron chi connectivity index (χ1n) is 6.24. The summed E-state index contributed by atoms with van der Waals surface area (Å²) in [6.45, 7) is 1.63. The molecule has 1 aromatic heterocycles. The molecule has 1 aliphatic rings. The van der Waals surface area contributed by atoms with Crippen LogP contribution in [0.25, 0.3) is 11.4 Å². The molecule has 0 saturated carbocycles. The molecule has 0 spiro atoms. The van der Waals surface area contributed by atoms with Gasteiger partial charge in [0.1, 0.15) is 0 Å². The Balaban J connectivity index is 1.78. The van der Waals surface area contributed by atoms with Crippen LogP contribution in [-0.4, -0.2) is 39.5 Å². The van der Waals surface area contributed by atoms with E-state index in [9.17, 15) is 5.11 Å². The van der Waals surface area contributed by atoms with Crippen molar-refractivity contribution < 1.29 is 5.11 Å². The van der Waals surface area contributed by atoms with E-state index in [4.69, 9.17) is 0 Å². The first-order valence-corrected chi connectivity index (χ1v) is 6.24. The van der Waals surface area contributed by atoms with E-state index in [-0.39, 0.29) is 6.10 Å². The summed E-state index contributed by atoms with van der Waals surface area (Å²) in [7, 11) is 0. The number of nitrogens with one attached hydrogen (secondary N) is 1. The second-order valence-electron chi connectivity index (χ2n) is 4.57. The number of hydrogen-bond acceptors (Lipinski definition) is 4. The van der Waals surface area contributed by atoms with Gasteiger partial charge in [0.15, 0.2) is 5.82 Å². The molecule has 3 rings (SSSR count). The normalized spacial score (nSPS) is 17.1. The SMILES string of the molecule is OC1CCN(c2n[nH]c(-c3ccccc3)n2)CC1. The van der Waals surface area contributed by atoms with Crippen molar-refractivity contribution in [1.29, 1.82) is 0 Å². The van der Waals surface area contributed by atoms with Crippen LogP contribution in [0, 0.1) is 0 Å². The van der Waals surface area contributed by atoms with E-state index in [2.05, 4.69) is 20.1 Å². The summed E-state index contributed by atoms with van der Waals surface area (Å²) in [6.07, 6.45) is 1.40. The van der Waals surface area contributed by atoms with Gasteiger partial charge in [0, 0.05) is 18.7 Å². The van der Waals surface area contributed by atoms with Gasteiger partial charge in [0.2, 0.25) is 5.95 Å². The Labute approximate surface area is 105 Å². The fourth-order valence-electron chi connectivity index (χ4n) is 2.19. The molecule has 1 saturated heterocycles. The van der Waals surface area contributed by atoms with Crippen LogP contribution in [0.2, 0.25) is 0 Å². The molecule has 0 amide bonds. The van der Waals surface area contributed by atoms with Crippen LogP contribution in [0.15, 0.2) is 30.3 Å². The van der Waals surface area contributed by atoms with Crippen molar-refractivity contribution in [1.82, 2.24) is 15.2 Å². The molecular formula is C13H16N4O. The molecule has 5 heteroatoms. The summed E-state index contributed by atoms with van der Waals surface area (Å²) in [4.78, 5) is 6.61. The van der Waals surface area contributed by atoms with Gasteiger partial charge in [-0.05, 0) is 12.8 Å². The van der Waals surface area contributed by atoms with Crippen LogP contribution in [0.1, 0.15) is 12.8 Å². The lowest BCUT2D eigenvalue weighted by Gasteiger charge is -2.28. The molecule has 2 heterocycles. The van der Waals surface area contributed by atoms with E-state index in [0.29, 0.717) is 0 Å². The van der Waals surface area contributed by atoms with Crippen LogP contribution in [0.4, 0.5) is 5.95 Å². The Morgan fingerprint density at radius 1 is 1.17 bits per heavy atom. The number of aromatic nitrogens is 3. The highest BCUT2D eigenvalue weighted by atomic mass is 16.3. The van der Waals surface area contributed by atoms with Crippen LogP contribution < -0.4 is 4.90 Å². The van der Waals surface area contributed by atoms with Crippen molar-refractivity contribution in [2.75, 3.05) is 18.0 Å². The van der Waals surface area contributed by atoms with Gasteiger partial charge in [-0.15, -0.1) is 5.10 Å². The number of hydrogen-bond donors (Lipinski definition) is 2. The van der Waals surface area contributed by atoms with E-state index in [1.165, 1.54) is 0 Å². The molecule has 18 heavy (non-hydrogen) atoms. The van der Waals surface area contributed by atoms with E-state index in [0.717, 1.165) is 43.3 Å². The van der Waals surface area contributed by atoms with E-state index in [1.54, 1.807) is 0 Å². The highest BCUT2D eigenvalue weighted by Crippen LogP contribution is 2.20. The maximum atomic E-state index is 9.48. The maximum absolute atomic E-state index is 9.48. The Bertz CT molecular complexity index is 503. The summed E-state index contributed by atoms with van der Waals surface area (Å²) in [5.74, 6) is 1.51. The first kappa shape index (κ1) is 11.2. The first-order chi connectivity index (χ1) is 8.83. The summed E-state index contributed by atoms with van der Waals surface area (Å²) >= 11 is 0. The van der Waals surface area contributed by atoms with Gasteiger partial charge in [-0.2, -0.15) is 4.98 Å². The fraction of sp³-hybridized carbons (Fsp3) is 0.385. The molecule has 0 radical (unpaired) electrons. The number of piperidine rings is 1. The summed E-state index contributed by atoms with van der Waals surface area (Å²) in [5.41, 5.74) is 1.04. The van der Waals surface area contributed by atoms with Crippen LogP contribution in [0.5, 0.6) is 0 Å². The van der Waals surface area contributed by atoms with Gasteiger partial charge in [0.05, 0.1) is 6.10 Å². The molecule has 0 unspecified atom stereocenters. The Kier molecular flexibility index (Phi) is 2.98. The second kappa shape index (κ2) is 4.78. The molecule has 2 N–H and O–H groups in total. The molecule has 0 atom stereocenters. The molecule has 1 aromatic carbocycles. The van der Waals surface area contributed by atoms with E-state index in [1.807, 2.05) is 30.3 Å². The molecule has 5 nitrogen and oxygen atoms in total. The van der Waals surface area contributed by atoms with E-state index < -0.39 is 0 Å². The van der Waals surface area contributed by atoms with Gasteiger partial charge in [0.25, 0.3) is 0 Å². The lowest BCUT2D eigenvalue weighted by Crippen LogP contribution is -2.36. The lowest BCUT2D eigenvalue weighted by atomic mass is 10.1. The van der Waals surface area contributed by atoms with E-state index >= 15 is 0 Å². The van der Waals surface area contributed by atoms with Crippen molar-refractivity contribution >= 4 is 5.95 Å². The van der Waals surface area contributed by atoms with Gasteiger partial charge >= 0.3 is 0 Å². The Morgan fingerprint density at radius 3 is 2.61 bits per heavy atom. The van der Waals surface area contributed by atoms with Gasteiger partial charge in [-0.25, -0.2) is 0 Å². The predicted molar refractivity (Wildman–Crippen MR) is 69.3 cm³/mol. The van der Waals surface area contributed by atoms with Crippen molar-refractivity contribution in [2.24, 2.45) is 0 Å². The molecule has 0 aliphatic carbocycles. The fourth-order valence-corrected chi connectivity index (χ4v) is 2.19. The number of aliphatic hydroxyl groups is 1. The molecule has 0 bridgehead atoms. The number of anilines is 1. The monoisotopic (exact) mass is 244 g/mol. The third kappa shape index (κ3) is 2.22. The number of rotatable bonds is 2. The lowest BCUT2D eigenvalue weighted by molar-refractivity contribution is 0.145. The third-order valence-corrected chi connectivity index (χ3v) is 3.27. The van der Waals surface area contributed by atoms with Crippen LogP contribution in [0.3, 0.4) is 0 Å². The molecule has 2 aromatic rings. The minimum Gasteiger partial charge on any atom is -0.393 e. The van der Waals surface area contributed by atoms with Gasteiger partial charge < -0.3 is 10.0 Å². The minimum absolute atomic E-state index is 0.172. The number of H-pyrrole nitrogens is 1. The maximum Gasteiger partial charge on any atom is 0.245 e. The Hall–Kier alpha value is -1.88. The zero-order valence-electron chi connectivity index (χ0n) is 10.1. The van der Waals surface area contributed by atoms with Crippen molar-refractivity contribution in [2.45, 2.75) is 18.9 Å². The molecule has 1 fully saturated rings. The smallest absolute Gasteiger partial charge is 0.245 e. The molecule has 94 valence electrons. The third-order valence-electron chi connectivity index (χ3n) is 3.27. The number of aromatic amines is 1. The van der Waals surface area contributed by atoms with Crippen molar-refractivity contribution in [3.8, 4) is 11.4 Å². The largest absolute Gasteiger partial charge is 0.393 e. The Morgan fingerprint density at radius 2 is 1.89 bits per heavy atom. The summed E-state index contributed by atoms with van der Waals surface area (Å²) in [6, 6.07) is 9.95. The molecular weight excluding hydrogens is 228 g/mol. The topological polar surface area (TPSA) is 65.0 Å². The average molecular weight is 244 g/mol. The second-order valence-corrected chi connectivity index (χ2v) is 4.57. The zero-order valence-corrected chi connectivity index (χ0v) is 10.1. The number of nitrogens with zero attached hydrogens (tertiary/aromatic N) is 3. The minimum atomic E-state index is -0.172. The summed E-state index contributed by atoms with van der Waals surface area (Å²) in [5, 5.41) is 16.7. The highest BCUT2D eigenvalue weighted by molar-refractivity contribution is 5.55. The standard InChI is InChI=1S/C13H16N4O/c18-11-6-8-17(9-7-11)13-14-12(15-16-13)10-4-2-1-3-5-10/h1-5,11,18H,6-9H2,(H,14,15,16).